The van der Waals surface area contributed by atoms with Gasteiger partial charge >= 0.3 is 0 Å². The van der Waals surface area contributed by atoms with Gasteiger partial charge in [-0.15, -0.1) is 11.6 Å². The van der Waals surface area contributed by atoms with Crippen LogP contribution < -0.4 is 4.90 Å². The van der Waals surface area contributed by atoms with Crippen molar-refractivity contribution in [3.05, 3.63) is 30.3 Å². The summed E-state index contributed by atoms with van der Waals surface area (Å²) in [6, 6.07) is 10.3. The van der Waals surface area contributed by atoms with Crippen molar-refractivity contribution in [1.29, 1.82) is 0 Å². The molecule has 0 aliphatic heterocycles. The molecule has 62 valence electrons. The van der Waals surface area contributed by atoms with Crippen LogP contribution in [0.2, 0.25) is 0 Å². The molecule has 0 spiro atoms. The molecule has 1 aromatic carbocycles. The molecule has 1 nitrogen and oxygen atoms in total. The Labute approximate surface area is 73.6 Å². The van der Waals surface area contributed by atoms with Crippen LogP contribution in [0.5, 0.6) is 0 Å². The van der Waals surface area contributed by atoms with Gasteiger partial charge in [0.2, 0.25) is 0 Å². The predicted molar refractivity (Wildman–Crippen MR) is 52.5 cm³/mol. The molecule has 0 saturated heterocycles. The number of benzene rings is 1. The average molecular weight is 172 g/mol. The fraction of sp³-hybridized carbons (Fsp3) is 0.333. The van der Waals surface area contributed by atoms with Crippen LogP contribution in [0.4, 0.5) is 5.69 Å². The van der Waals surface area contributed by atoms with Gasteiger partial charge < -0.3 is 4.90 Å². The van der Waals surface area contributed by atoms with E-state index in [1.807, 2.05) is 32.3 Å². The highest BCUT2D eigenvalue weighted by atomic mass is 35.5. The first kappa shape index (κ1) is 10.3. The summed E-state index contributed by atoms with van der Waals surface area (Å²) in [6.45, 7) is 0. The summed E-state index contributed by atoms with van der Waals surface area (Å²) >= 11 is 4.64. The minimum absolute atomic E-state index is 1.25. The first-order chi connectivity index (χ1) is 5.30. The lowest BCUT2D eigenvalue weighted by Gasteiger charge is -2.10. The average Bonchev–Trinajstić information content (AvgIpc) is 2.10. The number of para-hydroxylation sites is 1. The van der Waals surface area contributed by atoms with Crippen LogP contribution in [0.3, 0.4) is 0 Å². The molecule has 0 bridgehead atoms. The summed E-state index contributed by atoms with van der Waals surface area (Å²) in [5.74, 6) is 0. The summed E-state index contributed by atoms with van der Waals surface area (Å²) < 4.78 is 0. The van der Waals surface area contributed by atoms with Crippen molar-refractivity contribution in [2.45, 2.75) is 0 Å². The van der Waals surface area contributed by atoms with E-state index in [-0.39, 0.29) is 0 Å². The van der Waals surface area contributed by atoms with Crippen LogP contribution in [0, 0.1) is 0 Å². The van der Waals surface area contributed by atoms with Gasteiger partial charge in [0.15, 0.2) is 0 Å². The van der Waals surface area contributed by atoms with Gasteiger partial charge in [0.25, 0.3) is 0 Å². The van der Waals surface area contributed by atoms with E-state index in [1.165, 1.54) is 12.1 Å². The smallest absolute Gasteiger partial charge is 0.0360 e. The highest BCUT2D eigenvalue weighted by molar-refractivity contribution is 6.15. The molecular weight excluding hydrogens is 158 g/mol. The van der Waals surface area contributed by atoms with Crippen molar-refractivity contribution < 1.29 is 0 Å². The maximum Gasteiger partial charge on any atom is 0.0360 e. The molecule has 11 heavy (non-hydrogen) atoms. The molecule has 0 fully saturated rings. The molecule has 1 aromatic rings. The summed E-state index contributed by atoms with van der Waals surface area (Å²) in [4.78, 5) is 2.08. The summed E-state index contributed by atoms with van der Waals surface area (Å²) in [6.07, 6.45) is 1.47. The maximum atomic E-state index is 4.64. The summed E-state index contributed by atoms with van der Waals surface area (Å²) in [5.41, 5.74) is 1.25. The highest BCUT2D eigenvalue weighted by Gasteiger charge is 1.87. The van der Waals surface area contributed by atoms with Crippen LogP contribution in [0.25, 0.3) is 0 Å². The van der Waals surface area contributed by atoms with Gasteiger partial charge in [0.05, 0.1) is 0 Å². The largest absolute Gasteiger partial charge is 0.378 e. The van der Waals surface area contributed by atoms with E-state index >= 15 is 0 Å². The number of hydrogen-bond donors (Lipinski definition) is 0. The molecule has 0 unspecified atom stereocenters. The van der Waals surface area contributed by atoms with Gasteiger partial charge in [-0.05, 0) is 12.1 Å². The van der Waals surface area contributed by atoms with E-state index in [0.29, 0.717) is 0 Å². The lowest BCUT2D eigenvalue weighted by molar-refractivity contribution is 1.13. The van der Waals surface area contributed by atoms with E-state index in [1.54, 1.807) is 0 Å². The number of rotatable bonds is 1. The third-order valence-electron chi connectivity index (χ3n) is 1.27. The zero-order chi connectivity index (χ0) is 8.69. The Kier molecular flexibility index (Phi) is 5.67. The van der Waals surface area contributed by atoms with Gasteiger partial charge in [0.1, 0.15) is 0 Å². The molecule has 1 rings (SSSR count). The van der Waals surface area contributed by atoms with Gasteiger partial charge in [0, 0.05) is 26.2 Å². The van der Waals surface area contributed by atoms with Crippen molar-refractivity contribution >= 4 is 17.3 Å². The Morgan fingerprint density at radius 1 is 1.00 bits per heavy atom. The van der Waals surface area contributed by atoms with Crippen molar-refractivity contribution in [2.24, 2.45) is 0 Å². The zero-order valence-electron chi connectivity index (χ0n) is 7.21. The Balaban J connectivity index is 0.000000461. The SMILES string of the molecule is CCl.CN(C)c1ccccc1. The quantitative estimate of drug-likeness (QED) is 0.588. The predicted octanol–water partition coefficient (Wildman–Crippen LogP) is 2.61. The second-order valence-corrected chi connectivity index (χ2v) is 2.23. The van der Waals surface area contributed by atoms with E-state index in [2.05, 4.69) is 28.6 Å². The molecule has 0 aliphatic rings. The lowest BCUT2D eigenvalue weighted by atomic mass is 10.3. The first-order valence-corrected chi connectivity index (χ1v) is 4.16. The number of nitrogens with zero attached hydrogens (tertiary/aromatic N) is 1. The molecular formula is C9H14ClN. The van der Waals surface area contributed by atoms with Crippen LogP contribution in [0.15, 0.2) is 30.3 Å². The maximum absolute atomic E-state index is 4.64. The molecule has 0 N–H and O–H groups in total. The fourth-order valence-corrected chi connectivity index (χ4v) is 0.726. The Bertz CT molecular complexity index is 172. The molecule has 2 heteroatoms. The van der Waals surface area contributed by atoms with Crippen molar-refractivity contribution in [3.63, 3.8) is 0 Å². The molecule has 0 aromatic heterocycles. The Hall–Kier alpha value is -0.690. The van der Waals surface area contributed by atoms with Crippen LogP contribution in [0.1, 0.15) is 0 Å². The van der Waals surface area contributed by atoms with Gasteiger partial charge in [-0.2, -0.15) is 0 Å². The lowest BCUT2D eigenvalue weighted by Crippen LogP contribution is -2.07. The minimum atomic E-state index is 1.25. The highest BCUT2D eigenvalue weighted by Crippen LogP contribution is 2.07. The number of halogens is 1. The summed E-state index contributed by atoms with van der Waals surface area (Å²) in [7, 11) is 4.07. The van der Waals surface area contributed by atoms with E-state index in [4.69, 9.17) is 0 Å². The van der Waals surface area contributed by atoms with Gasteiger partial charge in [-0.3, -0.25) is 0 Å². The molecule has 0 saturated carbocycles. The molecule has 0 heterocycles. The van der Waals surface area contributed by atoms with Crippen LogP contribution in [-0.2, 0) is 0 Å². The Morgan fingerprint density at radius 2 is 1.45 bits per heavy atom. The first-order valence-electron chi connectivity index (χ1n) is 3.41. The second kappa shape index (κ2) is 6.05. The molecule has 0 radical (unpaired) electrons. The topological polar surface area (TPSA) is 3.24 Å². The number of anilines is 1. The number of hydrogen-bond acceptors (Lipinski definition) is 1. The third kappa shape index (κ3) is 3.89. The zero-order valence-corrected chi connectivity index (χ0v) is 7.97. The van der Waals surface area contributed by atoms with Crippen molar-refractivity contribution in [3.8, 4) is 0 Å². The fourth-order valence-electron chi connectivity index (χ4n) is 0.726. The Morgan fingerprint density at radius 3 is 1.73 bits per heavy atom. The molecule has 0 aliphatic carbocycles. The standard InChI is InChI=1S/C8H11N.CH3Cl/c1-9(2)8-6-4-3-5-7-8;1-2/h3-7H,1-2H3;1H3. The third-order valence-corrected chi connectivity index (χ3v) is 1.27. The van der Waals surface area contributed by atoms with Crippen molar-refractivity contribution in [2.75, 3.05) is 25.4 Å². The van der Waals surface area contributed by atoms with Crippen molar-refractivity contribution in [1.82, 2.24) is 0 Å². The van der Waals surface area contributed by atoms with Gasteiger partial charge in [-0.1, -0.05) is 18.2 Å². The van der Waals surface area contributed by atoms with E-state index < -0.39 is 0 Å². The van der Waals surface area contributed by atoms with E-state index in [9.17, 15) is 0 Å². The normalized spacial score (nSPS) is 8.00. The summed E-state index contributed by atoms with van der Waals surface area (Å²) in [5, 5.41) is 0. The van der Waals surface area contributed by atoms with Crippen LogP contribution >= 0.6 is 11.6 Å². The molecule has 0 atom stereocenters. The number of alkyl halides is 1. The second-order valence-electron chi connectivity index (χ2n) is 2.23. The van der Waals surface area contributed by atoms with Crippen LogP contribution in [-0.4, -0.2) is 20.5 Å². The monoisotopic (exact) mass is 171 g/mol. The van der Waals surface area contributed by atoms with E-state index in [0.717, 1.165) is 0 Å². The van der Waals surface area contributed by atoms with Gasteiger partial charge in [-0.25, -0.2) is 0 Å². The molecule has 0 amide bonds. The minimum Gasteiger partial charge on any atom is -0.378 e.